The molecule has 0 amide bonds. The van der Waals surface area contributed by atoms with Gasteiger partial charge in [-0.05, 0) is 59.5 Å². The van der Waals surface area contributed by atoms with Crippen LogP contribution in [0, 0.1) is 0 Å². The quantitative estimate of drug-likeness (QED) is 0.868. The van der Waals surface area contributed by atoms with E-state index in [2.05, 4.69) is 72.0 Å². The number of hydrogen-bond donors (Lipinski definition) is 1. The van der Waals surface area contributed by atoms with Crippen LogP contribution >= 0.6 is 0 Å². The second-order valence-electron chi connectivity index (χ2n) is 7.89. The minimum Gasteiger partial charge on any atom is -0.399 e. The molecule has 1 aliphatic heterocycles. The van der Waals surface area contributed by atoms with Gasteiger partial charge in [0.25, 0.3) is 0 Å². The van der Waals surface area contributed by atoms with E-state index in [0.29, 0.717) is 0 Å². The Morgan fingerprint density at radius 1 is 1.00 bits per heavy atom. The molecule has 21 heavy (non-hydrogen) atoms. The van der Waals surface area contributed by atoms with E-state index in [9.17, 15) is 0 Å². The maximum atomic E-state index is 6.17. The molecule has 3 nitrogen and oxygen atoms in total. The van der Waals surface area contributed by atoms with Crippen molar-refractivity contribution in [3.05, 3.63) is 29.8 Å². The van der Waals surface area contributed by atoms with Crippen molar-refractivity contribution in [2.45, 2.75) is 71.8 Å². The van der Waals surface area contributed by atoms with E-state index in [1.54, 1.807) is 0 Å². The molecule has 0 unspecified atom stereocenters. The SMILES string of the molecule is CC(C)(C)NCc1ccccc1B1OC(C)(C)C(C)(C)O1. The highest BCUT2D eigenvalue weighted by Crippen LogP contribution is 2.36. The third-order valence-electron chi connectivity index (χ3n) is 4.37. The summed E-state index contributed by atoms with van der Waals surface area (Å²) in [7, 11) is -0.298. The number of benzene rings is 1. The van der Waals surface area contributed by atoms with E-state index in [1.165, 1.54) is 5.56 Å². The van der Waals surface area contributed by atoms with Gasteiger partial charge in [0.15, 0.2) is 0 Å². The molecule has 1 aromatic rings. The normalized spacial score (nSPS) is 20.8. The summed E-state index contributed by atoms with van der Waals surface area (Å²) in [6, 6.07) is 8.34. The van der Waals surface area contributed by atoms with Crippen LogP contribution in [0.3, 0.4) is 0 Å². The Kier molecular flexibility index (Phi) is 4.27. The summed E-state index contributed by atoms with van der Waals surface area (Å²) in [6.07, 6.45) is 0. The molecule has 1 aliphatic rings. The van der Waals surface area contributed by atoms with Crippen LogP contribution in [-0.4, -0.2) is 23.9 Å². The van der Waals surface area contributed by atoms with Gasteiger partial charge in [0.05, 0.1) is 11.2 Å². The van der Waals surface area contributed by atoms with Crippen molar-refractivity contribution in [2.75, 3.05) is 0 Å². The predicted octanol–water partition coefficient (Wildman–Crippen LogP) is 2.87. The lowest BCUT2D eigenvalue weighted by molar-refractivity contribution is 0.00578. The summed E-state index contributed by atoms with van der Waals surface area (Å²) < 4.78 is 12.3. The second-order valence-corrected chi connectivity index (χ2v) is 7.89. The zero-order valence-corrected chi connectivity index (χ0v) is 14.4. The molecule has 1 N–H and O–H groups in total. The molecular weight excluding hydrogens is 261 g/mol. The number of rotatable bonds is 3. The minimum absolute atomic E-state index is 0.0864. The van der Waals surface area contributed by atoms with Crippen molar-refractivity contribution >= 4 is 12.6 Å². The molecular formula is C17H28BNO2. The van der Waals surface area contributed by atoms with Crippen molar-refractivity contribution in [3.8, 4) is 0 Å². The first-order valence-corrected chi connectivity index (χ1v) is 7.70. The standard InChI is InChI=1S/C17H28BNO2/c1-15(2,3)19-12-13-10-8-9-11-14(13)18-20-16(4,5)17(6,7)21-18/h8-11,19H,12H2,1-7H3. The van der Waals surface area contributed by atoms with Gasteiger partial charge in [-0.15, -0.1) is 0 Å². The lowest BCUT2D eigenvalue weighted by Crippen LogP contribution is -2.41. The monoisotopic (exact) mass is 289 g/mol. The Balaban J connectivity index is 2.22. The molecule has 0 spiro atoms. The highest BCUT2D eigenvalue weighted by atomic mass is 16.7. The molecule has 2 rings (SSSR count). The van der Waals surface area contributed by atoms with E-state index in [0.717, 1.165) is 12.0 Å². The third kappa shape index (κ3) is 3.68. The topological polar surface area (TPSA) is 30.5 Å². The van der Waals surface area contributed by atoms with Gasteiger partial charge < -0.3 is 14.6 Å². The fraction of sp³-hybridized carbons (Fsp3) is 0.647. The maximum Gasteiger partial charge on any atom is 0.495 e. The van der Waals surface area contributed by atoms with E-state index in [1.807, 2.05) is 6.07 Å². The van der Waals surface area contributed by atoms with Gasteiger partial charge in [0.1, 0.15) is 0 Å². The lowest BCUT2D eigenvalue weighted by Gasteiger charge is -2.32. The summed E-state index contributed by atoms with van der Waals surface area (Å²) in [5.41, 5.74) is 1.83. The van der Waals surface area contributed by atoms with Gasteiger partial charge in [0, 0.05) is 12.1 Å². The third-order valence-corrected chi connectivity index (χ3v) is 4.37. The smallest absolute Gasteiger partial charge is 0.399 e. The first-order chi connectivity index (χ1) is 9.52. The van der Waals surface area contributed by atoms with Crippen molar-refractivity contribution in [3.63, 3.8) is 0 Å². The van der Waals surface area contributed by atoms with Gasteiger partial charge >= 0.3 is 7.12 Å². The zero-order chi connectivity index (χ0) is 15.9. The Labute approximate surface area is 129 Å². The average Bonchev–Trinajstić information content (AvgIpc) is 2.55. The van der Waals surface area contributed by atoms with E-state index >= 15 is 0 Å². The Morgan fingerprint density at radius 2 is 1.52 bits per heavy atom. The Bertz CT molecular complexity index is 490. The van der Waals surface area contributed by atoms with E-state index in [-0.39, 0.29) is 23.9 Å². The lowest BCUT2D eigenvalue weighted by atomic mass is 9.76. The zero-order valence-electron chi connectivity index (χ0n) is 14.4. The highest BCUT2D eigenvalue weighted by molar-refractivity contribution is 6.62. The molecule has 0 aromatic heterocycles. The maximum absolute atomic E-state index is 6.17. The van der Waals surface area contributed by atoms with Gasteiger partial charge in [0.2, 0.25) is 0 Å². The van der Waals surface area contributed by atoms with Gasteiger partial charge in [-0.3, -0.25) is 0 Å². The molecule has 1 saturated heterocycles. The minimum atomic E-state index is -0.303. The summed E-state index contributed by atoms with van der Waals surface area (Å²) in [5, 5.41) is 3.53. The molecule has 1 fully saturated rings. The number of hydrogen-bond acceptors (Lipinski definition) is 3. The van der Waals surface area contributed by atoms with Crippen molar-refractivity contribution < 1.29 is 9.31 Å². The first-order valence-electron chi connectivity index (χ1n) is 7.70. The van der Waals surface area contributed by atoms with Crippen LogP contribution in [0.2, 0.25) is 0 Å². The molecule has 1 aromatic carbocycles. The van der Waals surface area contributed by atoms with Gasteiger partial charge in [-0.1, -0.05) is 24.3 Å². The molecule has 0 atom stereocenters. The van der Waals surface area contributed by atoms with Gasteiger partial charge in [-0.25, -0.2) is 0 Å². The molecule has 0 bridgehead atoms. The average molecular weight is 289 g/mol. The molecule has 0 radical (unpaired) electrons. The second kappa shape index (κ2) is 5.42. The van der Waals surface area contributed by atoms with Crippen LogP contribution in [0.15, 0.2) is 24.3 Å². The Morgan fingerprint density at radius 3 is 2.05 bits per heavy atom. The van der Waals surface area contributed by atoms with Crippen LogP contribution in [0.25, 0.3) is 0 Å². The van der Waals surface area contributed by atoms with E-state index < -0.39 is 0 Å². The van der Waals surface area contributed by atoms with Crippen LogP contribution in [-0.2, 0) is 15.9 Å². The van der Waals surface area contributed by atoms with Crippen molar-refractivity contribution in [1.29, 1.82) is 0 Å². The van der Waals surface area contributed by atoms with Crippen LogP contribution < -0.4 is 10.8 Å². The van der Waals surface area contributed by atoms with Crippen LogP contribution in [0.4, 0.5) is 0 Å². The Hall–Kier alpha value is -0.835. The highest BCUT2D eigenvalue weighted by Gasteiger charge is 2.52. The fourth-order valence-corrected chi connectivity index (χ4v) is 2.26. The number of nitrogens with one attached hydrogen (secondary N) is 1. The largest absolute Gasteiger partial charge is 0.495 e. The molecule has 4 heteroatoms. The van der Waals surface area contributed by atoms with Crippen molar-refractivity contribution in [1.82, 2.24) is 5.32 Å². The summed E-state index contributed by atoms with van der Waals surface area (Å²) in [4.78, 5) is 0. The summed E-state index contributed by atoms with van der Waals surface area (Å²) in [6.45, 7) is 15.7. The molecule has 0 aliphatic carbocycles. The first kappa shape index (κ1) is 16.5. The summed E-state index contributed by atoms with van der Waals surface area (Å²) >= 11 is 0. The molecule has 1 heterocycles. The molecule has 0 saturated carbocycles. The van der Waals surface area contributed by atoms with Gasteiger partial charge in [-0.2, -0.15) is 0 Å². The summed E-state index contributed by atoms with van der Waals surface area (Å²) in [5.74, 6) is 0. The van der Waals surface area contributed by atoms with Crippen molar-refractivity contribution in [2.24, 2.45) is 0 Å². The van der Waals surface area contributed by atoms with Crippen LogP contribution in [0.5, 0.6) is 0 Å². The predicted molar refractivity (Wildman–Crippen MR) is 88.8 cm³/mol. The molecule has 116 valence electrons. The van der Waals surface area contributed by atoms with E-state index in [4.69, 9.17) is 9.31 Å². The fourth-order valence-electron chi connectivity index (χ4n) is 2.26. The van der Waals surface area contributed by atoms with Crippen LogP contribution in [0.1, 0.15) is 54.0 Å².